The Bertz CT molecular complexity index is 1100. The van der Waals surface area contributed by atoms with Gasteiger partial charge in [0.25, 0.3) is 5.56 Å². The van der Waals surface area contributed by atoms with Gasteiger partial charge in [0.05, 0.1) is 12.0 Å². The van der Waals surface area contributed by atoms with E-state index in [1.54, 1.807) is 29.8 Å². The Morgan fingerprint density at radius 2 is 2.04 bits per heavy atom. The minimum Gasteiger partial charge on any atom is -0.462 e. The number of carbonyl (C=O) groups excluding carboxylic acids is 1. The molecule has 0 bridgehead atoms. The molecule has 0 saturated carbocycles. The molecule has 142 valence electrons. The van der Waals surface area contributed by atoms with Crippen LogP contribution >= 0.6 is 0 Å². The molecule has 27 heavy (non-hydrogen) atoms. The SMILES string of the molecule is CCCCCCn1c(=N)c(C(=O)OCC)cc2c(=O)n3ccccc3nc21. The molecule has 0 aromatic carbocycles. The van der Waals surface area contributed by atoms with Gasteiger partial charge in [0, 0.05) is 12.7 Å². The molecule has 3 aromatic heterocycles. The molecule has 0 radical (unpaired) electrons. The van der Waals surface area contributed by atoms with Gasteiger partial charge in [-0.25, -0.2) is 9.78 Å². The number of rotatable bonds is 7. The number of carbonyl (C=O) groups is 1. The molecule has 0 unspecified atom stereocenters. The first-order valence-corrected chi connectivity index (χ1v) is 9.35. The molecule has 0 atom stereocenters. The lowest BCUT2D eigenvalue weighted by Gasteiger charge is -2.14. The molecule has 0 spiro atoms. The van der Waals surface area contributed by atoms with E-state index in [2.05, 4.69) is 11.9 Å². The number of pyridine rings is 2. The van der Waals surface area contributed by atoms with E-state index in [0.717, 1.165) is 25.7 Å². The lowest BCUT2D eigenvalue weighted by Crippen LogP contribution is -2.31. The summed E-state index contributed by atoms with van der Waals surface area (Å²) < 4.78 is 8.19. The summed E-state index contributed by atoms with van der Waals surface area (Å²) in [6, 6.07) is 6.76. The van der Waals surface area contributed by atoms with Crippen LogP contribution in [0.1, 0.15) is 49.9 Å². The topological polar surface area (TPSA) is 89.5 Å². The maximum Gasteiger partial charge on any atom is 0.341 e. The average molecular weight is 368 g/mol. The first kappa shape index (κ1) is 18.8. The first-order chi connectivity index (χ1) is 13.1. The molecule has 0 aliphatic carbocycles. The monoisotopic (exact) mass is 368 g/mol. The number of fused-ring (bicyclic) bond motifs is 2. The molecule has 7 nitrogen and oxygen atoms in total. The summed E-state index contributed by atoms with van der Waals surface area (Å²) in [5, 5.41) is 8.82. The number of hydrogen-bond acceptors (Lipinski definition) is 5. The van der Waals surface area contributed by atoms with E-state index in [1.807, 2.05) is 6.07 Å². The predicted molar refractivity (Wildman–Crippen MR) is 103 cm³/mol. The molecular weight excluding hydrogens is 344 g/mol. The Morgan fingerprint density at radius 1 is 1.22 bits per heavy atom. The highest BCUT2D eigenvalue weighted by Crippen LogP contribution is 2.12. The zero-order valence-electron chi connectivity index (χ0n) is 15.7. The van der Waals surface area contributed by atoms with Gasteiger partial charge in [-0.15, -0.1) is 0 Å². The van der Waals surface area contributed by atoms with Crippen molar-refractivity contribution in [2.75, 3.05) is 6.61 Å². The van der Waals surface area contributed by atoms with Crippen LogP contribution in [-0.4, -0.2) is 26.5 Å². The second-order valence-electron chi connectivity index (χ2n) is 6.42. The molecule has 0 aliphatic rings. The summed E-state index contributed by atoms with van der Waals surface area (Å²) in [6.45, 7) is 4.58. The van der Waals surface area contributed by atoms with E-state index >= 15 is 0 Å². The van der Waals surface area contributed by atoms with Crippen LogP contribution in [-0.2, 0) is 11.3 Å². The van der Waals surface area contributed by atoms with E-state index in [1.165, 1.54) is 10.5 Å². The van der Waals surface area contributed by atoms with Crippen LogP contribution in [0.4, 0.5) is 0 Å². The molecule has 3 rings (SSSR count). The Balaban J connectivity index is 2.26. The van der Waals surface area contributed by atoms with Gasteiger partial charge in [0.15, 0.2) is 0 Å². The Kier molecular flexibility index (Phi) is 5.69. The molecule has 3 aromatic rings. The zero-order valence-corrected chi connectivity index (χ0v) is 15.7. The number of aromatic nitrogens is 3. The third kappa shape index (κ3) is 3.63. The van der Waals surface area contributed by atoms with Crippen LogP contribution in [0.3, 0.4) is 0 Å². The van der Waals surface area contributed by atoms with Crippen molar-refractivity contribution in [3.8, 4) is 0 Å². The number of nitrogens with zero attached hydrogens (tertiary/aromatic N) is 3. The molecule has 1 N–H and O–H groups in total. The van der Waals surface area contributed by atoms with Crippen molar-refractivity contribution in [3.05, 3.63) is 51.9 Å². The first-order valence-electron chi connectivity index (χ1n) is 9.35. The minimum atomic E-state index is -0.593. The molecule has 3 heterocycles. The highest BCUT2D eigenvalue weighted by Gasteiger charge is 2.18. The van der Waals surface area contributed by atoms with Gasteiger partial charge in [-0.1, -0.05) is 32.3 Å². The van der Waals surface area contributed by atoms with Crippen molar-refractivity contribution in [3.63, 3.8) is 0 Å². The third-order valence-electron chi connectivity index (χ3n) is 4.55. The van der Waals surface area contributed by atoms with Gasteiger partial charge >= 0.3 is 5.97 Å². The number of aryl methyl sites for hydroxylation is 1. The van der Waals surface area contributed by atoms with Crippen LogP contribution in [0.25, 0.3) is 16.7 Å². The van der Waals surface area contributed by atoms with Gasteiger partial charge < -0.3 is 9.30 Å². The van der Waals surface area contributed by atoms with Crippen molar-refractivity contribution >= 4 is 22.6 Å². The van der Waals surface area contributed by atoms with Gasteiger partial charge in [-0.3, -0.25) is 14.6 Å². The van der Waals surface area contributed by atoms with E-state index < -0.39 is 5.97 Å². The van der Waals surface area contributed by atoms with Crippen LogP contribution in [0.15, 0.2) is 35.3 Å². The largest absolute Gasteiger partial charge is 0.462 e. The molecule has 0 saturated heterocycles. The molecular formula is C20H24N4O3. The number of esters is 1. The van der Waals surface area contributed by atoms with Gasteiger partial charge in [0.1, 0.15) is 22.3 Å². The second kappa shape index (κ2) is 8.16. The highest BCUT2D eigenvalue weighted by molar-refractivity contribution is 5.93. The maximum absolute atomic E-state index is 13.0. The highest BCUT2D eigenvalue weighted by atomic mass is 16.5. The Hall–Kier alpha value is -2.96. The van der Waals surface area contributed by atoms with Gasteiger partial charge in [0.2, 0.25) is 0 Å². The summed E-state index contributed by atoms with van der Waals surface area (Å²) >= 11 is 0. The lowest BCUT2D eigenvalue weighted by molar-refractivity contribution is 0.0523. The summed E-state index contributed by atoms with van der Waals surface area (Å²) in [6.07, 6.45) is 5.71. The number of unbranched alkanes of at least 4 members (excludes halogenated alkanes) is 3. The molecule has 0 fully saturated rings. The molecule has 0 amide bonds. The van der Waals surface area contributed by atoms with Crippen LogP contribution in [0.5, 0.6) is 0 Å². The van der Waals surface area contributed by atoms with E-state index in [-0.39, 0.29) is 23.2 Å². The summed E-state index contributed by atoms with van der Waals surface area (Å²) in [7, 11) is 0. The average Bonchev–Trinajstić information content (AvgIpc) is 2.67. The number of hydrogen-bond donors (Lipinski definition) is 1. The second-order valence-corrected chi connectivity index (χ2v) is 6.42. The molecule has 0 aliphatic heterocycles. The van der Waals surface area contributed by atoms with Gasteiger partial charge in [-0.05, 0) is 31.5 Å². The minimum absolute atomic E-state index is 0.0321. The summed E-state index contributed by atoms with van der Waals surface area (Å²) in [5.74, 6) is -0.593. The number of ether oxygens (including phenoxy) is 1. The fourth-order valence-corrected chi connectivity index (χ4v) is 3.17. The standard InChI is InChI=1S/C20H24N4O3/c1-3-5-6-8-12-24-17(21)14(20(26)27-4-2)13-15-18(24)22-16-10-7-9-11-23(16)19(15)25/h7,9-11,13,21H,3-6,8,12H2,1-2H3. The van der Waals surface area contributed by atoms with Crippen molar-refractivity contribution < 1.29 is 9.53 Å². The van der Waals surface area contributed by atoms with E-state index in [4.69, 9.17) is 10.1 Å². The van der Waals surface area contributed by atoms with Crippen molar-refractivity contribution in [2.45, 2.75) is 46.1 Å². The van der Waals surface area contributed by atoms with Crippen molar-refractivity contribution in [1.29, 1.82) is 5.41 Å². The number of nitrogens with one attached hydrogen (secondary N) is 1. The summed E-state index contributed by atoms with van der Waals surface area (Å²) in [4.78, 5) is 29.9. The fourth-order valence-electron chi connectivity index (χ4n) is 3.17. The quantitative estimate of drug-likeness (QED) is 0.394. The van der Waals surface area contributed by atoms with E-state index in [9.17, 15) is 9.59 Å². The molecule has 7 heteroatoms. The fraction of sp³-hybridized carbons (Fsp3) is 0.400. The van der Waals surface area contributed by atoms with Crippen molar-refractivity contribution in [1.82, 2.24) is 14.0 Å². The third-order valence-corrected chi connectivity index (χ3v) is 4.55. The van der Waals surface area contributed by atoms with Crippen LogP contribution in [0, 0.1) is 5.41 Å². The Morgan fingerprint density at radius 3 is 2.78 bits per heavy atom. The van der Waals surface area contributed by atoms with Crippen LogP contribution in [0.2, 0.25) is 0 Å². The Labute approximate surface area is 156 Å². The maximum atomic E-state index is 13.0. The van der Waals surface area contributed by atoms with Crippen LogP contribution < -0.4 is 11.0 Å². The van der Waals surface area contributed by atoms with Crippen molar-refractivity contribution in [2.24, 2.45) is 0 Å². The lowest BCUT2D eigenvalue weighted by atomic mass is 10.1. The normalized spacial score (nSPS) is 11.2. The zero-order chi connectivity index (χ0) is 19.4. The van der Waals surface area contributed by atoms with Gasteiger partial charge in [-0.2, -0.15) is 0 Å². The smallest absolute Gasteiger partial charge is 0.341 e. The summed E-state index contributed by atoms with van der Waals surface area (Å²) in [5.41, 5.74) is 0.809. The van der Waals surface area contributed by atoms with E-state index in [0.29, 0.717) is 23.2 Å². The predicted octanol–water partition coefficient (Wildman–Crippen LogP) is 2.89.